The Balaban J connectivity index is 1.84. The molecule has 2 heterocycles. The Bertz CT molecular complexity index is 849. The lowest BCUT2D eigenvalue weighted by Crippen LogP contribution is -2.35. The highest BCUT2D eigenvalue weighted by Crippen LogP contribution is 2.45. The number of benzene rings is 2. The van der Waals surface area contributed by atoms with Gasteiger partial charge in [-0.05, 0) is 30.2 Å². The van der Waals surface area contributed by atoms with Crippen LogP contribution >= 0.6 is 27.3 Å². The predicted octanol–water partition coefficient (Wildman–Crippen LogP) is 5.99. The summed E-state index contributed by atoms with van der Waals surface area (Å²) < 4.78 is 6.65. The standard InChI is InChI=1S/C21H20BrNOS/c1-15-2-4-17(5-3-15)20-19(16-6-8-18(22)9-7-16)14-25-21(20)23-10-12-24-13-11-23/h2-9,14H,10-13H2,1H3. The van der Waals surface area contributed by atoms with E-state index in [9.17, 15) is 0 Å². The number of halogens is 1. The Morgan fingerprint density at radius 3 is 2.24 bits per heavy atom. The Morgan fingerprint density at radius 2 is 1.56 bits per heavy atom. The van der Waals surface area contributed by atoms with Crippen LogP contribution in [0.2, 0.25) is 0 Å². The van der Waals surface area contributed by atoms with E-state index in [0.717, 1.165) is 30.8 Å². The molecule has 0 amide bonds. The van der Waals surface area contributed by atoms with Gasteiger partial charge in [0.15, 0.2) is 0 Å². The second kappa shape index (κ2) is 7.32. The van der Waals surface area contributed by atoms with Crippen LogP contribution in [0.4, 0.5) is 5.00 Å². The van der Waals surface area contributed by atoms with Crippen LogP contribution in [0.5, 0.6) is 0 Å². The number of anilines is 1. The van der Waals surface area contributed by atoms with Gasteiger partial charge in [-0.1, -0.05) is 57.9 Å². The molecule has 4 heteroatoms. The fraction of sp³-hybridized carbons (Fsp3) is 0.238. The van der Waals surface area contributed by atoms with E-state index in [4.69, 9.17) is 4.74 Å². The highest BCUT2D eigenvalue weighted by atomic mass is 79.9. The zero-order chi connectivity index (χ0) is 17.2. The van der Waals surface area contributed by atoms with Crippen LogP contribution in [-0.4, -0.2) is 26.3 Å². The van der Waals surface area contributed by atoms with Gasteiger partial charge in [-0.3, -0.25) is 0 Å². The first kappa shape index (κ1) is 16.8. The van der Waals surface area contributed by atoms with E-state index in [1.807, 2.05) is 11.3 Å². The number of rotatable bonds is 3. The van der Waals surface area contributed by atoms with Crippen molar-refractivity contribution < 1.29 is 4.74 Å². The quantitative estimate of drug-likeness (QED) is 0.522. The molecule has 0 spiro atoms. The minimum absolute atomic E-state index is 0.804. The fourth-order valence-corrected chi connectivity index (χ4v) is 4.61. The zero-order valence-electron chi connectivity index (χ0n) is 14.2. The third kappa shape index (κ3) is 3.52. The molecule has 2 aromatic carbocycles. The summed E-state index contributed by atoms with van der Waals surface area (Å²) in [6, 6.07) is 17.5. The minimum atomic E-state index is 0.804. The molecule has 0 aliphatic carbocycles. The van der Waals surface area contributed by atoms with Crippen molar-refractivity contribution in [3.8, 4) is 22.3 Å². The number of hydrogen-bond donors (Lipinski definition) is 0. The lowest BCUT2D eigenvalue weighted by molar-refractivity contribution is 0.123. The van der Waals surface area contributed by atoms with Gasteiger partial charge < -0.3 is 9.64 Å². The number of nitrogens with zero attached hydrogens (tertiary/aromatic N) is 1. The van der Waals surface area contributed by atoms with Crippen molar-refractivity contribution in [2.24, 2.45) is 0 Å². The molecule has 25 heavy (non-hydrogen) atoms. The van der Waals surface area contributed by atoms with Gasteiger partial charge in [-0.25, -0.2) is 0 Å². The van der Waals surface area contributed by atoms with Crippen LogP contribution in [0.1, 0.15) is 5.56 Å². The van der Waals surface area contributed by atoms with Crippen LogP contribution in [0.25, 0.3) is 22.3 Å². The van der Waals surface area contributed by atoms with Crippen molar-refractivity contribution in [2.45, 2.75) is 6.92 Å². The fourth-order valence-electron chi connectivity index (χ4n) is 3.19. The van der Waals surface area contributed by atoms with Crippen molar-refractivity contribution in [3.05, 3.63) is 63.9 Å². The molecular formula is C21H20BrNOS. The molecule has 1 aliphatic rings. The predicted molar refractivity (Wildman–Crippen MR) is 111 cm³/mol. The van der Waals surface area contributed by atoms with Crippen LogP contribution < -0.4 is 4.90 Å². The minimum Gasteiger partial charge on any atom is -0.378 e. The third-order valence-corrected chi connectivity index (χ3v) is 6.13. The van der Waals surface area contributed by atoms with Crippen LogP contribution in [0.3, 0.4) is 0 Å². The number of morpholine rings is 1. The Kier molecular flexibility index (Phi) is 4.93. The first-order chi connectivity index (χ1) is 12.2. The summed E-state index contributed by atoms with van der Waals surface area (Å²) in [4.78, 5) is 2.46. The lowest BCUT2D eigenvalue weighted by Gasteiger charge is -2.29. The van der Waals surface area contributed by atoms with Gasteiger partial charge in [0, 0.05) is 34.1 Å². The zero-order valence-corrected chi connectivity index (χ0v) is 16.6. The summed E-state index contributed by atoms with van der Waals surface area (Å²) in [6.07, 6.45) is 0. The SMILES string of the molecule is Cc1ccc(-c2c(-c3ccc(Br)cc3)csc2N2CCOCC2)cc1. The van der Waals surface area contributed by atoms with Crippen LogP contribution in [-0.2, 0) is 4.74 Å². The lowest BCUT2D eigenvalue weighted by atomic mass is 9.97. The van der Waals surface area contributed by atoms with Gasteiger partial charge in [0.2, 0.25) is 0 Å². The molecule has 4 rings (SSSR count). The van der Waals surface area contributed by atoms with Gasteiger partial charge in [-0.2, -0.15) is 0 Å². The maximum Gasteiger partial charge on any atom is 0.0996 e. The monoisotopic (exact) mass is 413 g/mol. The molecular weight excluding hydrogens is 394 g/mol. The molecule has 128 valence electrons. The summed E-state index contributed by atoms with van der Waals surface area (Å²) in [5.41, 5.74) is 6.48. The number of aryl methyl sites for hydroxylation is 1. The summed E-state index contributed by atoms with van der Waals surface area (Å²) in [7, 11) is 0. The first-order valence-corrected chi connectivity index (χ1v) is 10.2. The molecule has 3 aromatic rings. The molecule has 2 nitrogen and oxygen atoms in total. The Morgan fingerprint density at radius 1 is 0.920 bits per heavy atom. The van der Waals surface area contributed by atoms with E-state index in [1.54, 1.807) is 0 Å². The van der Waals surface area contributed by atoms with E-state index in [-0.39, 0.29) is 0 Å². The molecule has 1 aromatic heterocycles. The number of ether oxygens (including phenoxy) is 1. The molecule has 1 fully saturated rings. The Hall–Kier alpha value is -1.62. The van der Waals surface area contributed by atoms with Crippen molar-refractivity contribution in [1.82, 2.24) is 0 Å². The van der Waals surface area contributed by atoms with Gasteiger partial charge >= 0.3 is 0 Å². The van der Waals surface area contributed by atoms with Gasteiger partial charge in [0.05, 0.1) is 18.2 Å². The molecule has 1 saturated heterocycles. The smallest absolute Gasteiger partial charge is 0.0996 e. The summed E-state index contributed by atoms with van der Waals surface area (Å²) in [5, 5.41) is 3.65. The second-order valence-corrected chi connectivity index (χ2v) is 8.08. The summed E-state index contributed by atoms with van der Waals surface area (Å²) in [6.45, 7) is 5.66. The van der Waals surface area contributed by atoms with E-state index < -0.39 is 0 Å². The molecule has 0 bridgehead atoms. The molecule has 0 atom stereocenters. The normalized spacial score (nSPS) is 14.7. The maximum atomic E-state index is 5.54. The van der Waals surface area contributed by atoms with Gasteiger partial charge in [0.1, 0.15) is 0 Å². The second-order valence-electron chi connectivity index (χ2n) is 6.30. The van der Waals surface area contributed by atoms with E-state index in [1.165, 1.54) is 32.8 Å². The molecule has 0 saturated carbocycles. The number of thiophene rings is 1. The van der Waals surface area contributed by atoms with Gasteiger partial charge in [0.25, 0.3) is 0 Å². The average Bonchev–Trinajstić information content (AvgIpc) is 3.09. The van der Waals surface area contributed by atoms with E-state index in [0.29, 0.717) is 0 Å². The van der Waals surface area contributed by atoms with E-state index >= 15 is 0 Å². The maximum absolute atomic E-state index is 5.54. The molecule has 0 N–H and O–H groups in total. The van der Waals surface area contributed by atoms with Crippen molar-refractivity contribution in [2.75, 3.05) is 31.2 Å². The van der Waals surface area contributed by atoms with Crippen molar-refractivity contribution in [3.63, 3.8) is 0 Å². The first-order valence-electron chi connectivity index (χ1n) is 8.49. The average molecular weight is 414 g/mol. The summed E-state index contributed by atoms with van der Waals surface area (Å²) in [5.74, 6) is 0. The highest BCUT2D eigenvalue weighted by Gasteiger charge is 2.21. The Labute approximate surface area is 161 Å². The summed E-state index contributed by atoms with van der Waals surface area (Å²) >= 11 is 5.38. The highest BCUT2D eigenvalue weighted by molar-refractivity contribution is 9.10. The molecule has 0 radical (unpaired) electrons. The van der Waals surface area contributed by atoms with Crippen LogP contribution in [0, 0.1) is 6.92 Å². The third-order valence-electron chi connectivity index (χ3n) is 4.57. The van der Waals surface area contributed by atoms with Crippen LogP contribution in [0.15, 0.2) is 58.4 Å². The molecule has 1 aliphatic heterocycles. The molecule has 0 unspecified atom stereocenters. The number of hydrogen-bond acceptors (Lipinski definition) is 3. The van der Waals surface area contributed by atoms with E-state index in [2.05, 4.69) is 81.7 Å². The topological polar surface area (TPSA) is 12.5 Å². The van der Waals surface area contributed by atoms with Crippen molar-refractivity contribution >= 4 is 32.3 Å². The van der Waals surface area contributed by atoms with Crippen molar-refractivity contribution in [1.29, 1.82) is 0 Å². The largest absolute Gasteiger partial charge is 0.378 e. The van der Waals surface area contributed by atoms with Gasteiger partial charge in [-0.15, -0.1) is 11.3 Å².